The van der Waals surface area contributed by atoms with Gasteiger partial charge in [0.15, 0.2) is 0 Å². The van der Waals surface area contributed by atoms with Crippen molar-refractivity contribution in [2.45, 2.75) is 19.8 Å². The maximum atomic E-state index is 5.83. The highest BCUT2D eigenvalue weighted by Gasteiger charge is 1.97. The summed E-state index contributed by atoms with van der Waals surface area (Å²) in [5.74, 6) is 0. The van der Waals surface area contributed by atoms with E-state index in [1.165, 1.54) is 0 Å². The lowest BCUT2D eigenvalue weighted by Gasteiger charge is -1.99. The van der Waals surface area contributed by atoms with Crippen molar-refractivity contribution in [1.29, 1.82) is 0 Å². The first kappa shape index (κ1) is 8.54. The molecule has 0 saturated heterocycles. The molecule has 0 bridgehead atoms. The van der Waals surface area contributed by atoms with Crippen molar-refractivity contribution in [2.24, 2.45) is 0 Å². The lowest BCUT2D eigenvalue weighted by molar-refractivity contribution is 0.928. The maximum Gasteiger partial charge on any atom is 0.132 e. The van der Waals surface area contributed by atoms with Gasteiger partial charge in [-0.3, -0.25) is 0 Å². The topological polar surface area (TPSA) is 12.9 Å². The highest BCUT2D eigenvalue weighted by molar-refractivity contribution is 6.30. The van der Waals surface area contributed by atoms with Crippen molar-refractivity contribution in [3.8, 4) is 0 Å². The van der Waals surface area contributed by atoms with Crippen LogP contribution in [0.4, 0.5) is 0 Å². The molecule has 0 aliphatic heterocycles. The molecule has 59 valence electrons. The summed E-state index contributed by atoms with van der Waals surface area (Å²) in [6.07, 6.45) is 5.89. The van der Waals surface area contributed by atoms with E-state index in [2.05, 4.69) is 11.4 Å². The highest BCUT2D eigenvalue weighted by Crippen LogP contribution is 2.13. The summed E-state index contributed by atoms with van der Waals surface area (Å²) >= 11 is 5.83. The van der Waals surface area contributed by atoms with Crippen LogP contribution in [0.2, 0.25) is 5.15 Å². The molecule has 0 saturated carbocycles. The largest absolute Gasteiger partial charge is 0.244 e. The summed E-state index contributed by atoms with van der Waals surface area (Å²) in [6.45, 7) is 2.05. The minimum Gasteiger partial charge on any atom is -0.244 e. The van der Waals surface area contributed by atoms with Crippen molar-refractivity contribution in [1.82, 2.24) is 4.98 Å². The van der Waals surface area contributed by atoms with Crippen LogP contribution in [0.15, 0.2) is 18.3 Å². The molecule has 0 aromatic carbocycles. The average molecular weight is 169 g/mol. The van der Waals surface area contributed by atoms with E-state index < -0.39 is 0 Å². The minimum absolute atomic E-state index is 0.634. The van der Waals surface area contributed by atoms with Gasteiger partial charge in [-0.15, -0.1) is 0 Å². The lowest BCUT2D eigenvalue weighted by Crippen LogP contribution is -1.87. The first-order chi connectivity index (χ1) is 5.34. The molecule has 11 heavy (non-hydrogen) atoms. The molecule has 1 rings (SSSR count). The van der Waals surface area contributed by atoms with E-state index in [1.807, 2.05) is 19.1 Å². The summed E-state index contributed by atoms with van der Waals surface area (Å²) in [7, 11) is 0. The predicted molar refractivity (Wildman–Crippen MR) is 47.5 cm³/mol. The average Bonchev–Trinajstić information content (AvgIpc) is 2.03. The molecule has 1 radical (unpaired) electrons. The zero-order valence-electron chi connectivity index (χ0n) is 6.55. The van der Waals surface area contributed by atoms with Crippen LogP contribution in [0, 0.1) is 6.42 Å². The summed E-state index contributed by atoms with van der Waals surface area (Å²) < 4.78 is 0. The van der Waals surface area contributed by atoms with Crippen LogP contribution >= 0.6 is 11.6 Å². The fourth-order valence-corrected chi connectivity index (χ4v) is 1.12. The second kappa shape index (κ2) is 4.35. The van der Waals surface area contributed by atoms with Crippen LogP contribution in [-0.2, 0) is 6.42 Å². The first-order valence-corrected chi connectivity index (χ1v) is 4.09. The number of pyridine rings is 1. The van der Waals surface area contributed by atoms with Gasteiger partial charge in [-0.05, 0) is 30.9 Å². The Hall–Kier alpha value is -0.560. The molecule has 0 unspecified atom stereocenters. The third-order valence-electron chi connectivity index (χ3n) is 1.54. The Morgan fingerprint density at radius 2 is 2.45 bits per heavy atom. The van der Waals surface area contributed by atoms with E-state index >= 15 is 0 Å². The number of unbranched alkanes of at least 4 members (excludes halogenated alkanes) is 1. The van der Waals surface area contributed by atoms with E-state index in [9.17, 15) is 0 Å². The van der Waals surface area contributed by atoms with Crippen molar-refractivity contribution in [3.05, 3.63) is 35.5 Å². The number of rotatable bonds is 3. The molecule has 1 nitrogen and oxygen atoms in total. The monoisotopic (exact) mass is 168 g/mol. The van der Waals surface area contributed by atoms with Crippen LogP contribution in [0.1, 0.15) is 18.9 Å². The standard InChI is InChI=1S/C9H11ClN/c1-2-3-5-8-6-4-7-11-9(8)10/h2,4,6-7H,3,5H2,1H3. The Labute approximate surface area is 72.4 Å². The van der Waals surface area contributed by atoms with Crippen molar-refractivity contribution < 1.29 is 0 Å². The van der Waals surface area contributed by atoms with Gasteiger partial charge in [0, 0.05) is 6.20 Å². The molecule has 0 aliphatic carbocycles. The van der Waals surface area contributed by atoms with Gasteiger partial charge in [-0.1, -0.05) is 24.6 Å². The Morgan fingerprint density at radius 1 is 1.64 bits per heavy atom. The molecular formula is C9H11ClN. The molecule has 0 N–H and O–H groups in total. The van der Waals surface area contributed by atoms with Crippen LogP contribution in [0.3, 0.4) is 0 Å². The first-order valence-electron chi connectivity index (χ1n) is 3.72. The van der Waals surface area contributed by atoms with Gasteiger partial charge >= 0.3 is 0 Å². The Bertz CT molecular complexity index is 223. The smallest absolute Gasteiger partial charge is 0.132 e. The Balaban J connectivity index is 2.62. The van der Waals surface area contributed by atoms with Crippen molar-refractivity contribution in [2.75, 3.05) is 0 Å². The quantitative estimate of drug-likeness (QED) is 0.633. The molecule has 1 heterocycles. The molecule has 2 heteroatoms. The van der Waals surface area contributed by atoms with Gasteiger partial charge in [-0.25, -0.2) is 4.98 Å². The van der Waals surface area contributed by atoms with E-state index in [0.29, 0.717) is 5.15 Å². The number of halogens is 1. The normalized spacial score (nSPS) is 10.0. The third kappa shape index (κ3) is 2.51. The van der Waals surface area contributed by atoms with E-state index in [1.54, 1.807) is 6.20 Å². The van der Waals surface area contributed by atoms with Crippen LogP contribution in [0.25, 0.3) is 0 Å². The molecule has 1 aromatic rings. The second-order valence-electron chi connectivity index (χ2n) is 2.40. The Kier molecular flexibility index (Phi) is 3.37. The van der Waals surface area contributed by atoms with Gasteiger partial charge in [0.2, 0.25) is 0 Å². The number of aryl methyl sites for hydroxylation is 1. The number of hydrogen-bond donors (Lipinski definition) is 0. The lowest BCUT2D eigenvalue weighted by atomic mass is 10.1. The zero-order valence-corrected chi connectivity index (χ0v) is 7.30. The SMILES string of the molecule is C[CH]CCc1cccnc1Cl. The highest BCUT2D eigenvalue weighted by atomic mass is 35.5. The van der Waals surface area contributed by atoms with E-state index in [4.69, 9.17) is 11.6 Å². The van der Waals surface area contributed by atoms with Crippen molar-refractivity contribution >= 4 is 11.6 Å². The molecule has 1 aromatic heterocycles. The summed E-state index contributed by atoms with van der Waals surface area (Å²) in [6, 6.07) is 3.93. The van der Waals surface area contributed by atoms with Gasteiger partial charge in [0.05, 0.1) is 0 Å². The van der Waals surface area contributed by atoms with Gasteiger partial charge in [0.25, 0.3) is 0 Å². The van der Waals surface area contributed by atoms with Gasteiger partial charge in [-0.2, -0.15) is 0 Å². The fraction of sp³-hybridized carbons (Fsp3) is 0.333. The van der Waals surface area contributed by atoms with Gasteiger partial charge in [0.1, 0.15) is 5.15 Å². The minimum atomic E-state index is 0.634. The fourth-order valence-electron chi connectivity index (χ4n) is 0.906. The van der Waals surface area contributed by atoms with Crippen LogP contribution < -0.4 is 0 Å². The van der Waals surface area contributed by atoms with Gasteiger partial charge < -0.3 is 0 Å². The van der Waals surface area contributed by atoms with Crippen molar-refractivity contribution in [3.63, 3.8) is 0 Å². The molecule has 0 atom stereocenters. The zero-order chi connectivity index (χ0) is 8.10. The third-order valence-corrected chi connectivity index (χ3v) is 1.88. The summed E-state index contributed by atoms with van der Waals surface area (Å²) in [5.41, 5.74) is 1.13. The molecule has 0 aliphatic rings. The number of hydrogen-bond acceptors (Lipinski definition) is 1. The van der Waals surface area contributed by atoms with E-state index in [-0.39, 0.29) is 0 Å². The van der Waals surface area contributed by atoms with E-state index in [0.717, 1.165) is 18.4 Å². The molecule has 0 amide bonds. The Morgan fingerprint density at radius 3 is 3.09 bits per heavy atom. The predicted octanol–water partition coefficient (Wildman–Crippen LogP) is 2.89. The molecular weight excluding hydrogens is 158 g/mol. The maximum absolute atomic E-state index is 5.83. The molecule has 0 fully saturated rings. The van der Waals surface area contributed by atoms with Crippen LogP contribution in [-0.4, -0.2) is 4.98 Å². The van der Waals surface area contributed by atoms with Crippen LogP contribution in [0.5, 0.6) is 0 Å². The number of nitrogens with zero attached hydrogens (tertiary/aromatic N) is 1. The second-order valence-corrected chi connectivity index (χ2v) is 2.76. The molecule has 0 spiro atoms. The summed E-state index contributed by atoms with van der Waals surface area (Å²) in [4.78, 5) is 3.98. The number of aromatic nitrogens is 1. The summed E-state index contributed by atoms with van der Waals surface area (Å²) in [5, 5.41) is 0.634.